The first-order valence-electron chi connectivity index (χ1n) is 5.12. The molecule has 4 nitrogen and oxygen atoms in total. The average molecular weight is 201 g/mol. The summed E-state index contributed by atoms with van der Waals surface area (Å²) in [6.07, 6.45) is 0.511. The maximum absolute atomic E-state index is 13.0. The monoisotopic (exact) mass is 201 g/mol. The lowest BCUT2D eigenvalue weighted by atomic mass is 10.2. The molecule has 0 radical (unpaired) electrons. The molecular weight excluding hydrogens is 185 g/mol. The molecular formula is C9H16FN3O. The second kappa shape index (κ2) is 3.73. The molecule has 2 aliphatic heterocycles. The summed E-state index contributed by atoms with van der Waals surface area (Å²) in [7, 11) is 0. The molecule has 2 aliphatic rings. The van der Waals surface area contributed by atoms with Gasteiger partial charge in [0.05, 0.1) is 12.6 Å². The number of hydrogen-bond acceptors (Lipinski definition) is 2. The standard InChI is InChI=1S/C9H16FN3O/c10-7-4-8-6-12(3-1-2-11)9(14)13(8)5-7/h7-8H,1-6,11H2/t7?,8-/m0/s1. The van der Waals surface area contributed by atoms with Crippen molar-refractivity contribution in [3.05, 3.63) is 0 Å². The molecule has 0 spiro atoms. The predicted octanol–water partition coefficient (Wildman–Crippen LogP) is 0.183. The minimum atomic E-state index is -0.819. The van der Waals surface area contributed by atoms with Crippen LogP contribution >= 0.6 is 0 Å². The van der Waals surface area contributed by atoms with E-state index in [9.17, 15) is 9.18 Å². The first kappa shape index (κ1) is 9.71. The van der Waals surface area contributed by atoms with Gasteiger partial charge in [0.1, 0.15) is 6.17 Å². The molecule has 80 valence electrons. The number of carbonyl (C=O) groups excluding carboxylic acids is 1. The largest absolute Gasteiger partial charge is 0.330 e. The van der Waals surface area contributed by atoms with Gasteiger partial charge in [0.25, 0.3) is 0 Å². The third kappa shape index (κ3) is 1.56. The zero-order valence-electron chi connectivity index (χ0n) is 8.16. The van der Waals surface area contributed by atoms with Crippen molar-refractivity contribution in [3.63, 3.8) is 0 Å². The quantitative estimate of drug-likeness (QED) is 0.708. The van der Waals surface area contributed by atoms with Crippen LogP contribution in [0.15, 0.2) is 0 Å². The summed E-state index contributed by atoms with van der Waals surface area (Å²) in [5, 5.41) is 0. The summed E-state index contributed by atoms with van der Waals surface area (Å²) in [6.45, 7) is 2.27. The molecule has 0 aliphatic carbocycles. The fourth-order valence-corrected chi connectivity index (χ4v) is 2.25. The van der Waals surface area contributed by atoms with Crippen LogP contribution in [0.1, 0.15) is 12.8 Å². The van der Waals surface area contributed by atoms with E-state index in [1.807, 2.05) is 0 Å². The molecule has 14 heavy (non-hydrogen) atoms. The predicted molar refractivity (Wildman–Crippen MR) is 50.6 cm³/mol. The van der Waals surface area contributed by atoms with Crippen LogP contribution in [0, 0.1) is 0 Å². The molecule has 0 aromatic carbocycles. The second-order valence-corrected chi connectivity index (χ2v) is 4.01. The maximum Gasteiger partial charge on any atom is 0.320 e. The Kier molecular flexibility index (Phi) is 2.58. The lowest BCUT2D eigenvalue weighted by Crippen LogP contribution is -2.34. The van der Waals surface area contributed by atoms with E-state index in [1.54, 1.807) is 9.80 Å². The fourth-order valence-electron chi connectivity index (χ4n) is 2.25. The molecule has 2 amide bonds. The average Bonchev–Trinajstić information content (AvgIpc) is 2.63. The van der Waals surface area contributed by atoms with Crippen molar-refractivity contribution in [1.82, 2.24) is 9.80 Å². The Morgan fingerprint density at radius 3 is 2.93 bits per heavy atom. The van der Waals surface area contributed by atoms with Crippen LogP contribution in [-0.2, 0) is 0 Å². The summed E-state index contributed by atoms with van der Waals surface area (Å²) in [6, 6.07) is 0.0962. The minimum absolute atomic E-state index is 0.0106. The fraction of sp³-hybridized carbons (Fsp3) is 0.889. The highest BCUT2D eigenvalue weighted by atomic mass is 19.1. The Morgan fingerprint density at radius 1 is 1.50 bits per heavy atom. The van der Waals surface area contributed by atoms with Crippen LogP contribution in [0.2, 0.25) is 0 Å². The molecule has 2 heterocycles. The second-order valence-electron chi connectivity index (χ2n) is 4.01. The summed E-state index contributed by atoms with van der Waals surface area (Å²) in [4.78, 5) is 15.1. The van der Waals surface area contributed by atoms with Crippen molar-refractivity contribution in [2.75, 3.05) is 26.2 Å². The Morgan fingerprint density at radius 2 is 2.29 bits per heavy atom. The van der Waals surface area contributed by atoms with E-state index < -0.39 is 6.17 Å². The topological polar surface area (TPSA) is 49.6 Å². The number of nitrogens with two attached hydrogens (primary N) is 1. The highest BCUT2D eigenvalue weighted by Crippen LogP contribution is 2.27. The maximum atomic E-state index is 13.0. The van der Waals surface area contributed by atoms with Gasteiger partial charge in [-0.05, 0) is 13.0 Å². The van der Waals surface area contributed by atoms with Gasteiger partial charge < -0.3 is 15.5 Å². The molecule has 2 saturated heterocycles. The number of nitrogens with zero attached hydrogens (tertiary/aromatic N) is 2. The number of urea groups is 1. The number of halogens is 1. The summed E-state index contributed by atoms with van der Waals surface area (Å²) < 4.78 is 13.0. The molecule has 2 fully saturated rings. The van der Waals surface area contributed by atoms with Gasteiger partial charge in [-0.2, -0.15) is 0 Å². The minimum Gasteiger partial charge on any atom is -0.330 e. The Balaban J connectivity index is 1.92. The number of carbonyl (C=O) groups is 1. The van der Waals surface area contributed by atoms with Crippen molar-refractivity contribution in [2.45, 2.75) is 25.1 Å². The van der Waals surface area contributed by atoms with Crippen molar-refractivity contribution >= 4 is 6.03 Å². The van der Waals surface area contributed by atoms with Gasteiger partial charge in [-0.3, -0.25) is 0 Å². The third-order valence-corrected chi connectivity index (χ3v) is 2.94. The molecule has 2 atom stereocenters. The van der Waals surface area contributed by atoms with Crippen molar-refractivity contribution < 1.29 is 9.18 Å². The van der Waals surface area contributed by atoms with Gasteiger partial charge in [0.2, 0.25) is 0 Å². The summed E-state index contributed by atoms with van der Waals surface area (Å²) in [5.74, 6) is 0. The zero-order chi connectivity index (χ0) is 10.1. The van der Waals surface area contributed by atoms with E-state index in [0.29, 0.717) is 26.1 Å². The van der Waals surface area contributed by atoms with Crippen LogP contribution in [0.3, 0.4) is 0 Å². The van der Waals surface area contributed by atoms with Crippen molar-refractivity contribution in [3.8, 4) is 0 Å². The van der Waals surface area contributed by atoms with Gasteiger partial charge in [-0.15, -0.1) is 0 Å². The van der Waals surface area contributed by atoms with Crippen LogP contribution in [0.5, 0.6) is 0 Å². The van der Waals surface area contributed by atoms with E-state index in [1.165, 1.54) is 0 Å². The summed E-state index contributed by atoms with van der Waals surface area (Å²) >= 11 is 0. The van der Waals surface area contributed by atoms with Crippen molar-refractivity contribution in [1.29, 1.82) is 0 Å². The Hall–Kier alpha value is -0.840. The molecule has 2 N–H and O–H groups in total. The molecule has 1 unspecified atom stereocenters. The van der Waals surface area contributed by atoms with Crippen LogP contribution < -0.4 is 5.73 Å². The van der Waals surface area contributed by atoms with Crippen LogP contribution in [0.4, 0.5) is 9.18 Å². The molecule has 0 aromatic rings. The van der Waals surface area contributed by atoms with E-state index >= 15 is 0 Å². The van der Waals surface area contributed by atoms with E-state index in [4.69, 9.17) is 5.73 Å². The van der Waals surface area contributed by atoms with E-state index in [-0.39, 0.29) is 18.6 Å². The third-order valence-electron chi connectivity index (χ3n) is 2.94. The normalized spacial score (nSPS) is 31.4. The smallest absolute Gasteiger partial charge is 0.320 e. The Bertz CT molecular complexity index is 236. The first-order valence-corrected chi connectivity index (χ1v) is 5.12. The van der Waals surface area contributed by atoms with E-state index in [2.05, 4.69) is 0 Å². The van der Waals surface area contributed by atoms with E-state index in [0.717, 1.165) is 6.42 Å². The highest BCUT2D eigenvalue weighted by molar-refractivity contribution is 5.77. The van der Waals surface area contributed by atoms with Gasteiger partial charge in [-0.25, -0.2) is 9.18 Å². The number of fused-ring (bicyclic) bond motifs is 1. The number of alkyl halides is 1. The Labute approximate surface area is 82.8 Å². The van der Waals surface area contributed by atoms with Gasteiger partial charge in [-0.1, -0.05) is 0 Å². The number of hydrogen-bond donors (Lipinski definition) is 1. The van der Waals surface area contributed by atoms with Crippen LogP contribution in [-0.4, -0.2) is 54.2 Å². The number of rotatable bonds is 3. The number of amides is 2. The molecule has 0 aromatic heterocycles. The molecule has 0 saturated carbocycles. The SMILES string of the molecule is NCCCN1C[C@@H]2CC(F)CN2C1=O. The lowest BCUT2D eigenvalue weighted by Gasteiger charge is -2.16. The summed E-state index contributed by atoms with van der Waals surface area (Å²) in [5.41, 5.74) is 5.38. The van der Waals surface area contributed by atoms with Crippen molar-refractivity contribution in [2.24, 2.45) is 5.73 Å². The first-order chi connectivity index (χ1) is 6.72. The molecule has 2 rings (SSSR count). The van der Waals surface area contributed by atoms with Gasteiger partial charge in [0, 0.05) is 19.5 Å². The molecule has 5 heteroatoms. The highest BCUT2D eigenvalue weighted by Gasteiger charge is 2.43. The lowest BCUT2D eigenvalue weighted by molar-refractivity contribution is 0.188. The van der Waals surface area contributed by atoms with Crippen LogP contribution in [0.25, 0.3) is 0 Å². The van der Waals surface area contributed by atoms with Gasteiger partial charge >= 0.3 is 6.03 Å². The zero-order valence-corrected chi connectivity index (χ0v) is 8.16. The van der Waals surface area contributed by atoms with Gasteiger partial charge in [0.15, 0.2) is 0 Å². The molecule has 0 bridgehead atoms.